The minimum Gasteiger partial charge on any atom is -0.481 e. The van der Waals surface area contributed by atoms with Gasteiger partial charge in [-0.05, 0) is 49.4 Å². The number of hydrogen-bond acceptors (Lipinski definition) is 3. The summed E-state index contributed by atoms with van der Waals surface area (Å²) in [4.78, 5) is 25.9. The van der Waals surface area contributed by atoms with Gasteiger partial charge in [-0.25, -0.2) is 0 Å². The van der Waals surface area contributed by atoms with Gasteiger partial charge in [0, 0.05) is 23.2 Å². The van der Waals surface area contributed by atoms with Crippen LogP contribution in [-0.4, -0.2) is 41.5 Å². The number of likely N-dealkylation sites (tertiary alicyclic amines) is 1. The van der Waals surface area contributed by atoms with Gasteiger partial charge in [0.05, 0.1) is 12.0 Å². The number of carboxylic acid groups (broad SMARTS) is 1. The first-order chi connectivity index (χ1) is 10.9. The van der Waals surface area contributed by atoms with Crippen LogP contribution >= 0.6 is 28.3 Å². The molecule has 3 rings (SSSR count). The number of amides is 1. The number of anilines is 1. The maximum absolute atomic E-state index is 12.3. The average molecular weight is 418 g/mol. The Hall–Kier alpha value is -1.11. The predicted molar refractivity (Wildman–Crippen MR) is 98.6 cm³/mol. The molecule has 1 heterocycles. The van der Waals surface area contributed by atoms with Crippen LogP contribution < -0.4 is 5.32 Å². The molecule has 2 fully saturated rings. The number of halogens is 2. The lowest BCUT2D eigenvalue weighted by Crippen LogP contribution is -2.37. The third-order valence-corrected chi connectivity index (χ3v) is 5.69. The Labute approximate surface area is 156 Å². The highest BCUT2D eigenvalue weighted by atomic mass is 79.9. The number of nitrogens with one attached hydrogen (secondary N) is 1. The van der Waals surface area contributed by atoms with Crippen LogP contribution in [0.3, 0.4) is 0 Å². The van der Waals surface area contributed by atoms with E-state index in [1.165, 1.54) is 0 Å². The van der Waals surface area contributed by atoms with Gasteiger partial charge in [0.15, 0.2) is 0 Å². The highest BCUT2D eigenvalue weighted by Gasteiger charge is 2.54. The number of aliphatic carboxylic acids is 1. The Morgan fingerprint density at radius 3 is 2.83 bits per heavy atom. The lowest BCUT2D eigenvalue weighted by Gasteiger charge is -2.23. The Balaban J connectivity index is 0.00000208. The van der Waals surface area contributed by atoms with Crippen molar-refractivity contribution in [3.63, 3.8) is 0 Å². The smallest absolute Gasteiger partial charge is 0.311 e. The van der Waals surface area contributed by atoms with Crippen LogP contribution in [0.1, 0.15) is 24.8 Å². The molecule has 0 unspecified atom stereocenters. The average Bonchev–Trinajstić information content (AvgIpc) is 2.99. The largest absolute Gasteiger partial charge is 0.481 e. The second-order valence-electron chi connectivity index (χ2n) is 6.73. The van der Waals surface area contributed by atoms with Crippen molar-refractivity contribution >= 4 is 45.9 Å². The molecule has 2 aliphatic rings. The van der Waals surface area contributed by atoms with Crippen LogP contribution in [0.2, 0.25) is 0 Å². The number of rotatable bonds is 4. The number of carboxylic acids is 1. The fourth-order valence-electron chi connectivity index (χ4n) is 4.02. The standard InChI is InChI=1S/C17H21BrN2O3.ClH/c1-11-7-13(18)4-5-14(11)19-15(21)9-20-8-12-3-2-6-17(12,10-20)16(22)23;/h4-5,7,12H,2-3,6,8-10H2,1H3,(H,19,21)(H,22,23);1H/t12-,17+;/m0./s1. The Bertz CT molecular complexity index is 655. The minimum absolute atomic E-state index is 0. The predicted octanol–water partition coefficient (Wildman–Crippen LogP) is 3.30. The van der Waals surface area contributed by atoms with Crippen molar-refractivity contribution in [1.82, 2.24) is 4.90 Å². The number of aryl methyl sites for hydroxylation is 1. The third-order valence-electron chi connectivity index (χ3n) is 5.20. The van der Waals surface area contributed by atoms with E-state index in [2.05, 4.69) is 21.2 Å². The fourth-order valence-corrected chi connectivity index (χ4v) is 4.50. The summed E-state index contributed by atoms with van der Waals surface area (Å²) in [7, 11) is 0. The molecule has 24 heavy (non-hydrogen) atoms. The van der Waals surface area contributed by atoms with Gasteiger partial charge in [0.1, 0.15) is 0 Å². The Morgan fingerprint density at radius 1 is 1.46 bits per heavy atom. The van der Waals surface area contributed by atoms with Crippen molar-refractivity contribution in [1.29, 1.82) is 0 Å². The molecule has 1 aromatic rings. The molecule has 5 nitrogen and oxygen atoms in total. The molecular weight excluding hydrogens is 396 g/mol. The SMILES string of the molecule is Cc1cc(Br)ccc1NC(=O)CN1C[C@@H]2CCC[C@@]2(C(=O)O)C1.Cl. The van der Waals surface area contributed by atoms with Crippen LogP contribution in [0.25, 0.3) is 0 Å². The second-order valence-corrected chi connectivity index (χ2v) is 7.64. The molecule has 2 atom stereocenters. The van der Waals surface area contributed by atoms with Gasteiger partial charge in [-0.15, -0.1) is 12.4 Å². The second kappa shape index (κ2) is 7.42. The van der Waals surface area contributed by atoms with Gasteiger partial charge in [0.25, 0.3) is 0 Å². The molecule has 1 amide bonds. The first kappa shape index (κ1) is 19.2. The van der Waals surface area contributed by atoms with Gasteiger partial charge >= 0.3 is 5.97 Å². The first-order valence-electron chi connectivity index (χ1n) is 7.92. The lowest BCUT2D eigenvalue weighted by molar-refractivity contribution is -0.149. The van der Waals surface area contributed by atoms with Crippen LogP contribution in [0.4, 0.5) is 5.69 Å². The molecular formula is C17H22BrClN2O3. The van der Waals surface area contributed by atoms with Gasteiger partial charge in [-0.1, -0.05) is 22.4 Å². The van der Waals surface area contributed by atoms with Gasteiger partial charge in [-0.3, -0.25) is 14.5 Å². The van der Waals surface area contributed by atoms with Crippen LogP contribution in [-0.2, 0) is 9.59 Å². The lowest BCUT2D eigenvalue weighted by atomic mass is 9.81. The summed E-state index contributed by atoms with van der Waals surface area (Å²) in [6.45, 7) is 3.39. The molecule has 1 aliphatic carbocycles. The van der Waals surface area contributed by atoms with Crippen molar-refractivity contribution in [3.05, 3.63) is 28.2 Å². The molecule has 0 radical (unpaired) electrons. The van der Waals surface area contributed by atoms with E-state index in [4.69, 9.17) is 0 Å². The summed E-state index contributed by atoms with van der Waals surface area (Å²) < 4.78 is 0.976. The molecule has 2 N–H and O–H groups in total. The Morgan fingerprint density at radius 2 is 2.21 bits per heavy atom. The number of hydrogen-bond donors (Lipinski definition) is 2. The number of nitrogens with zero attached hydrogens (tertiary/aromatic N) is 1. The van der Waals surface area contributed by atoms with Crippen molar-refractivity contribution in [2.45, 2.75) is 26.2 Å². The fraction of sp³-hybridized carbons (Fsp3) is 0.529. The van der Waals surface area contributed by atoms with Gasteiger partial charge in [-0.2, -0.15) is 0 Å². The number of carbonyl (C=O) groups excluding carboxylic acids is 1. The summed E-state index contributed by atoms with van der Waals surface area (Å²) in [5.41, 5.74) is 1.16. The molecule has 1 aromatic carbocycles. The summed E-state index contributed by atoms with van der Waals surface area (Å²) in [6, 6.07) is 5.71. The van der Waals surface area contributed by atoms with E-state index in [0.29, 0.717) is 13.1 Å². The minimum atomic E-state index is -0.702. The molecule has 1 saturated heterocycles. The van der Waals surface area contributed by atoms with Crippen LogP contribution in [0.15, 0.2) is 22.7 Å². The quantitative estimate of drug-likeness (QED) is 0.788. The summed E-state index contributed by atoms with van der Waals surface area (Å²) >= 11 is 3.40. The van der Waals surface area contributed by atoms with Crippen molar-refractivity contribution in [3.8, 4) is 0 Å². The zero-order valence-corrected chi connectivity index (χ0v) is 16.0. The first-order valence-corrected chi connectivity index (χ1v) is 8.72. The van der Waals surface area contributed by atoms with Crippen molar-refractivity contribution < 1.29 is 14.7 Å². The maximum atomic E-state index is 12.3. The summed E-state index contributed by atoms with van der Waals surface area (Å²) in [6.07, 6.45) is 2.67. The number of benzene rings is 1. The van der Waals surface area contributed by atoms with E-state index in [0.717, 1.165) is 35.0 Å². The highest BCUT2D eigenvalue weighted by molar-refractivity contribution is 9.10. The van der Waals surface area contributed by atoms with E-state index in [9.17, 15) is 14.7 Å². The van der Waals surface area contributed by atoms with Crippen molar-refractivity contribution in [2.24, 2.45) is 11.3 Å². The maximum Gasteiger partial charge on any atom is 0.311 e. The number of fused-ring (bicyclic) bond motifs is 1. The van der Waals surface area contributed by atoms with E-state index in [1.54, 1.807) is 0 Å². The van der Waals surface area contributed by atoms with E-state index in [-0.39, 0.29) is 30.8 Å². The summed E-state index contributed by atoms with van der Waals surface area (Å²) in [5.74, 6) is -0.607. The van der Waals surface area contributed by atoms with E-state index in [1.807, 2.05) is 30.0 Å². The van der Waals surface area contributed by atoms with E-state index >= 15 is 0 Å². The summed E-state index contributed by atoms with van der Waals surface area (Å²) in [5, 5.41) is 12.5. The molecule has 0 aromatic heterocycles. The molecule has 132 valence electrons. The topological polar surface area (TPSA) is 69.6 Å². The van der Waals surface area contributed by atoms with Crippen LogP contribution in [0.5, 0.6) is 0 Å². The third kappa shape index (κ3) is 3.60. The zero-order chi connectivity index (χ0) is 16.6. The highest BCUT2D eigenvalue weighted by Crippen LogP contribution is 2.48. The zero-order valence-electron chi connectivity index (χ0n) is 13.5. The molecule has 0 spiro atoms. The monoisotopic (exact) mass is 416 g/mol. The molecule has 1 saturated carbocycles. The molecule has 1 aliphatic heterocycles. The Kier molecular flexibility index (Phi) is 5.94. The normalized spacial score (nSPS) is 25.8. The number of carbonyl (C=O) groups is 2. The van der Waals surface area contributed by atoms with Crippen molar-refractivity contribution in [2.75, 3.05) is 25.0 Å². The van der Waals surface area contributed by atoms with Gasteiger partial charge < -0.3 is 10.4 Å². The van der Waals surface area contributed by atoms with Crippen LogP contribution in [0, 0.1) is 18.3 Å². The van der Waals surface area contributed by atoms with E-state index < -0.39 is 11.4 Å². The molecule has 0 bridgehead atoms. The van der Waals surface area contributed by atoms with Gasteiger partial charge in [0.2, 0.25) is 5.91 Å². The molecule has 7 heteroatoms.